The summed E-state index contributed by atoms with van der Waals surface area (Å²) in [6.45, 7) is 2.03. The van der Waals surface area contributed by atoms with Gasteiger partial charge in [-0.1, -0.05) is 6.07 Å². The number of anilines is 1. The van der Waals surface area contributed by atoms with Gasteiger partial charge < -0.3 is 11.1 Å². The molecule has 1 amide bonds. The van der Waals surface area contributed by atoms with Crippen molar-refractivity contribution in [3.05, 3.63) is 29.3 Å². The molecule has 0 radical (unpaired) electrons. The summed E-state index contributed by atoms with van der Waals surface area (Å²) in [5, 5.41) is 2.64. The van der Waals surface area contributed by atoms with Gasteiger partial charge in [-0.05, 0) is 43.0 Å². The van der Waals surface area contributed by atoms with Crippen LogP contribution in [0.1, 0.15) is 24.5 Å². The van der Waals surface area contributed by atoms with Crippen LogP contribution in [0.4, 0.5) is 5.69 Å². The van der Waals surface area contributed by atoms with Gasteiger partial charge in [0.1, 0.15) is 0 Å². The molecule has 3 N–H and O–H groups in total. The Kier molecular flexibility index (Phi) is 2.04. The summed E-state index contributed by atoms with van der Waals surface area (Å²) < 4.78 is 0. The lowest BCUT2D eigenvalue weighted by Gasteiger charge is -2.19. The van der Waals surface area contributed by atoms with Crippen molar-refractivity contribution in [3.8, 4) is 0 Å². The minimum absolute atomic E-state index is 0.240. The first-order valence-corrected chi connectivity index (χ1v) is 4.76. The Bertz CT molecular complexity index is 372. The zero-order valence-corrected chi connectivity index (χ0v) is 8.21. The summed E-state index contributed by atoms with van der Waals surface area (Å²) in [4.78, 5) is 10.3. The van der Waals surface area contributed by atoms with Crippen LogP contribution in [0.2, 0.25) is 0 Å². The fourth-order valence-corrected chi connectivity index (χ4v) is 2.01. The largest absolute Gasteiger partial charge is 0.329 e. The number of benzene rings is 1. The van der Waals surface area contributed by atoms with Crippen LogP contribution < -0.4 is 11.1 Å². The first-order chi connectivity index (χ1) is 6.63. The predicted octanol–water partition coefficient (Wildman–Crippen LogP) is 1.38. The number of nitrogens with one attached hydrogen (secondary N) is 1. The third kappa shape index (κ3) is 1.40. The highest BCUT2D eigenvalue weighted by molar-refractivity contribution is 5.72. The van der Waals surface area contributed by atoms with Crippen molar-refractivity contribution in [1.29, 1.82) is 0 Å². The fourth-order valence-electron chi connectivity index (χ4n) is 2.01. The predicted molar refractivity (Wildman–Crippen MR) is 56.0 cm³/mol. The van der Waals surface area contributed by atoms with E-state index in [2.05, 4.69) is 5.32 Å². The number of carbonyl (C=O) groups excluding carboxylic acids is 1. The standard InChI is InChI=1S/C11H14N2O/c1-11(12)5-4-8-2-3-9(13-7-14)6-10(8)11/h2-3,6-7H,4-5,12H2,1H3,(H,13,14). The molecule has 0 aliphatic heterocycles. The van der Waals surface area contributed by atoms with E-state index in [1.165, 1.54) is 5.56 Å². The number of hydrogen-bond donors (Lipinski definition) is 2. The summed E-state index contributed by atoms with van der Waals surface area (Å²) >= 11 is 0. The van der Waals surface area contributed by atoms with E-state index in [4.69, 9.17) is 5.73 Å². The van der Waals surface area contributed by atoms with Gasteiger partial charge in [0.05, 0.1) is 0 Å². The molecule has 0 heterocycles. The second-order valence-corrected chi connectivity index (χ2v) is 4.05. The van der Waals surface area contributed by atoms with E-state index in [-0.39, 0.29) is 5.54 Å². The Balaban J connectivity index is 2.42. The van der Waals surface area contributed by atoms with E-state index in [0.29, 0.717) is 6.41 Å². The van der Waals surface area contributed by atoms with Gasteiger partial charge in [-0.3, -0.25) is 4.79 Å². The van der Waals surface area contributed by atoms with Gasteiger partial charge in [-0.15, -0.1) is 0 Å². The van der Waals surface area contributed by atoms with E-state index in [0.717, 1.165) is 24.1 Å². The smallest absolute Gasteiger partial charge is 0.211 e. The molecule has 0 spiro atoms. The lowest BCUT2D eigenvalue weighted by molar-refractivity contribution is -0.105. The number of hydrogen-bond acceptors (Lipinski definition) is 2. The lowest BCUT2D eigenvalue weighted by Crippen LogP contribution is -2.29. The van der Waals surface area contributed by atoms with Crippen LogP contribution in [-0.4, -0.2) is 6.41 Å². The van der Waals surface area contributed by atoms with Crippen LogP contribution in [0.25, 0.3) is 0 Å². The van der Waals surface area contributed by atoms with E-state index in [1.54, 1.807) is 0 Å². The monoisotopic (exact) mass is 190 g/mol. The molecule has 14 heavy (non-hydrogen) atoms. The van der Waals surface area contributed by atoms with E-state index in [1.807, 2.05) is 25.1 Å². The molecule has 2 rings (SSSR count). The highest BCUT2D eigenvalue weighted by Gasteiger charge is 2.30. The molecule has 1 aromatic carbocycles. The van der Waals surface area contributed by atoms with Crippen molar-refractivity contribution in [2.24, 2.45) is 5.73 Å². The normalized spacial score (nSPS) is 24.4. The van der Waals surface area contributed by atoms with E-state index >= 15 is 0 Å². The quantitative estimate of drug-likeness (QED) is 0.692. The molecule has 0 fully saturated rings. The van der Waals surface area contributed by atoms with Gasteiger partial charge >= 0.3 is 0 Å². The topological polar surface area (TPSA) is 55.1 Å². The zero-order valence-electron chi connectivity index (χ0n) is 8.21. The van der Waals surface area contributed by atoms with Gasteiger partial charge in [0.25, 0.3) is 0 Å². The summed E-state index contributed by atoms with van der Waals surface area (Å²) in [5.74, 6) is 0. The van der Waals surface area contributed by atoms with Gasteiger partial charge in [-0.2, -0.15) is 0 Å². The molecular formula is C11H14N2O. The van der Waals surface area contributed by atoms with Gasteiger partial charge in [0, 0.05) is 11.2 Å². The molecule has 0 aromatic heterocycles. The highest BCUT2D eigenvalue weighted by Crippen LogP contribution is 2.35. The Hall–Kier alpha value is -1.35. The second kappa shape index (κ2) is 3.10. The van der Waals surface area contributed by atoms with Crippen molar-refractivity contribution in [2.45, 2.75) is 25.3 Å². The second-order valence-electron chi connectivity index (χ2n) is 4.05. The van der Waals surface area contributed by atoms with Gasteiger partial charge in [-0.25, -0.2) is 0 Å². The van der Waals surface area contributed by atoms with Crippen LogP contribution in [0, 0.1) is 0 Å². The maximum Gasteiger partial charge on any atom is 0.211 e. The van der Waals surface area contributed by atoms with Crippen molar-refractivity contribution >= 4 is 12.1 Å². The molecule has 3 nitrogen and oxygen atoms in total. The molecule has 0 saturated carbocycles. The SMILES string of the molecule is CC1(N)CCc2ccc(NC=O)cc21. The molecule has 1 unspecified atom stereocenters. The van der Waals surface area contributed by atoms with Crippen LogP contribution in [0.15, 0.2) is 18.2 Å². The molecule has 1 aromatic rings. The van der Waals surface area contributed by atoms with Crippen LogP contribution >= 0.6 is 0 Å². The molecule has 1 aliphatic carbocycles. The third-order valence-electron chi connectivity index (χ3n) is 2.86. The molecule has 1 aliphatic rings. The summed E-state index contributed by atoms with van der Waals surface area (Å²) in [6, 6.07) is 5.92. The number of nitrogens with two attached hydrogens (primary N) is 1. The average molecular weight is 190 g/mol. The molecule has 0 bridgehead atoms. The Morgan fingerprint density at radius 3 is 3.07 bits per heavy atom. The van der Waals surface area contributed by atoms with Gasteiger partial charge in [0.15, 0.2) is 0 Å². The first-order valence-electron chi connectivity index (χ1n) is 4.76. The van der Waals surface area contributed by atoms with Crippen molar-refractivity contribution in [2.75, 3.05) is 5.32 Å². The van der Waals surface area contributed by atoms with E-state index < -0.39 is 0 Å². The van der Waals surface area contributed by atoms with Crippen LogP contribution in [0.3, 0.4) is 0 Å². The number of aryl methyl sites for hydroxylation is 1. The first kappa shape index (κ1) is 9.21. The van der Waals surface area contributed by atoms with Crippen molar-refractivity contribution < 1.29 is 4.79 Å². The number of rotatable bonds is 2. The Labute approximate surface area is 83.3 Å². The zero-order chi connectivity index (χ0) is 10.2. The number of fused-ring (bicyclic) bond motifs is 1. The Morgan fingerprint density at radius 1 is 1.57 bits per heavy atom. The van der Waals surface area contributed by atoms with Crippen molar-refractivity contribution in [1.82, 2.24) is 0 Å². The molecule has 0 saturated heterocycles. The van der Waals surface area contributed by atoms with Crippen molar-refractivity contribution in [3.63, 3.8) is 0 Å². The molecular weight excluding hydrogens is 176 g/mol. The van der Waals surface area contributed by atoms with Crippen LogP contribution in [0.5, 0.6) is 0 Å². The summed E-state index contributed by atoms with van der Waals surface area (Å²) in [7, 11) is 0. The fraction of sp³-hybridized carbons (Fsp3) is 0.364. The van der Waals surface area contributed by atoms with Gasteiger partial charge in [0.2, 0.25) is 6.41 Å². The van der Waals surface area contributed by atoms with Crippen LogP contribution in [-0.2, 0) is 16.8 Å². The number of amides is 1. The summed E-state index contributed by atoms with van der Waals surface area (Å²) in [5.41, 5.74) is 9.17. The lowest BCUT2D eigenvalue weighted by atomic mass is 9.95. The molecule has 74 valence electrons. The Morgan fingerprint density at radius 2 is 2.36 bits per heavy atom. The molecule has 1 atom stereocenters. The maximum atomic E-state index is 10.3. The summed E-state index contributed by atoms with van der Waals surface area (Å²) in [6.07, 6.45) is 2.70. The third-order valence-corrected chi connectivity index (χ3v) is 2.86. The number of carbonyl (C=O) groups is 1. The van der Waals surface area contributed by atoms with E-state index in [9.17, 15) is 4.79 Å². The minimum Gasteiger partial charge on any atom is -0.329 e. The highest BCUT2D eigenvalue weighted by atomic mass is 16.1. The molecule has 3 heteroatoms. The maximum absolute atomic E-state index is 10.3. The average Bonchev–Trinajstić information content (AvgIpc) is 2.44. The minimum atomic E-state index is -0.240.